The van der Waals surface area contributed by atoms with Crippen LogP contribution >= 0.6 is 22.9 Å². The van der Waals surface area contributed by atoms with E-state index in [9.17, 15) is 4.79 Å². The molecule has 4 nitrogen and oxygen atoms in total. The number of H-pyrrole nitrogens is 1. The topological polar surface area (TPSA) is 57.8 Å². The molecule has 0 bridgehead atoms. The molecule has 2 N–H and O–H groups in total. The van der Waals surface area contributed by atoms with Crippen molar-refractivity contribution in [2.24, 2.45) is 0 Å². The molecule has 2 aromatic heterocycles. The lowest BCUT2D eigenvalue weighted by Gasteiger charge is -1.96. The summed E-state index contributed by atoms with van der Waals surface area (Å²) in [6.45, 7) is 1.87. The third kappa shape index (κ3) is 2.37. The van der Waals surface area contributed by atoms with Gasteiger partial charge >= 0.3 is 0 Å². The molecule has 2 aromatic rings. The summed E-state index contributed by atoms with van der Waals surface area (Å²) in [6.07, 6.45) is 0. The number of halogens is 1. The fourth-order valence-electron chi connectivity index (χ4n) is 1.10. The molecule has 2 rings (SSSR count). The van der Waals surface area contributed by atoms with Crippen LogP contribution in [0.2, 0.25) is 4.34 Å². The highest BCUT2D eigenvalue weighted by Crippen LogP contribution is 2.22. The van der Waals surface area contributed by atoms with Gasteiger partial charge in [0.05, 0.1) is 9.21 Å². The summed E-state index contributed by atoms with van der Waals surface area (Å²) in [5, 5.41) is 9.31. The van der Waals surface area contributed by atoms with Gasteiger partial charge in [0.2, 0.25) is 0 Å². The van der Waals surface area contributed by atoms with Crippen LogP contribution in [0, 0.1) is 6.92 Å². The van der Waals surface area contributed by atoms with E-state index < -0.39 is 0 Å². The van der Waals surface area contributed by atoms with E-state index in [2.05, 4.69) is 15.5 Å². The molecular formula is C9H8ClN3OS. The fourth-order valence-corrected chi connectivity index (χ4v) is 2.03. The molecule has 0 unspecified atom stereocenters. The number of aromatic amines is 1. The van der Waals surface area contributed by atoms with Crippen LogP contribution in [0.25, 0.3) is 0 Å². The number of nitrogens with one attached hydrogen (secondary N) is 2. The Bertz CT molecular complexity index is 491. The second-order valence-corrected chi connectivity index (χ2v) is 4.71. The van der Waals surface area contributed by atoms with Crippen LogP contribution in [0.5, 0.6) is 0 Å². The molecule has 0 aliphatic heterocycles. The highest BCUT2D eigenvalue weighted by Gasteiger charge is 2.09. The lowest BCUT2D eigenvalue weighted by molar-refractivity contribution is 0.103. The van der Waals surface area contributed by atoms with E-state index in [1.165, 1.54) is 11.3 Å². The van der Waals surface area contributed by atoms with E-state index >= 15 is 0 Å². The maximum Gasteiger partial charge on any atom is 0.266 e. The molecule has 0 saturated heterocycles. The summed E-state index contributed by atoms with van der Waals surface area (Å²) in [7, 11) is 0. The van der Waals surface area contributed by atoms with Crippen molar-refractivity contribution in [1.82, 2.24) is 10.2 Å². The van der Waals surface area contributed by atoms with Gasteiger partial charge in [0.1, 0.15) is 0 Å². The number of carbonyl (C=O) groups is 1. The summed E-state index contributed by atoms with van der Waals surface area (Å²) < 4.78 is 0.596. The maximum atomic E-state index is 11.6. The molecule has 0 aromatic carbocycles. The standard InChI is InChI=1S/C9H8ClN3OS/c1-5-4-8(13-12-5)11-9(14)6-2-3-7(10)15-6/h2-4H,1H3,(H2,11,12,13,14). The van der Waals surface area contributed by atoms with Crippen molar-refractivity contribution in [2.45, 2.75) is 6.92 Å². The molecule has 0 fully saturated rings. The molecule has 0 atom stereocenters. The predicted molar refractivity (Wildman–Crippen MR) is 60.6 cm³/mol. The zero-order chi connectivity index (χ0) is 10.8. The Balaban J connectivity index is 2.10. The molecule has 1 amide bonds. The number of thiophene rings is 1. The lowest BCUT2D eigenvalue weighted by Crippen LogP contribution is -2.10. The molecule has 0 aliphatic carbocycles. The minimum atomic E-state index is -0.196. The van der Waals surface area contributed by atoms with Crippen LogP contribution in [-0.4, -0.2) is 16.1 Å². The number of aryl methyl sites for hydroxylation is 1. The van der Waals surface area contributed by atoms with Gasteiger partial charge in [-0.1, -0.05) is 11.6 Å². The Morgan fingerprint density at radius 1 is 1.60 bits per heavy atom. The Kier molecular flexibility index (Phi) is 2.75. The molecule has 0 radical (unpaired) electrons. The Labute approximate surface area is 95.3 Å². The highest BCUT2D eigenvalue weighted by atomic mass is 35.5. The molecule has 0 saturated carbocycles. The van der Waals surface area contributed by atoms with Crippen LogP contribution < -0.4 is 5.32 Å². The van der Waals surface area contributed by atoms with Crippen LogP contribution in [-0.2, 0) is 0 Å². The smallest absolute Gasteiger partial charge is 0.266 e. The van der Waals surface area contributed by atoms with Gasteiger partial charge in [-0.15, -0.1) is 11.3 Å². The number of anilines is 1. The van der Waals surface area contributed by atoms with Crippen molar-refractivity contribution in [2.75, 3.05) is 5.32 Å². The SMILES string of the molecule is Cc1cc(NC(=O)c2ccc(Cl)s2)n[nH]1. The first-order valence-corrected chi connectivity index (χ1v) is 5.43. The summed E-state index contributed by atoms with van der Waals surface area (Å²) in [5.74, 6) is 0.320. The molecule has 15 heavy (non-hydrogen) atoms. The molecular weight excluding hydrogens is 234 g/mol. The summed E-state index contributed by atoms with van der Waals surface area (Å²) in [5.41, 5.74) is 0.898. The van der Waals surface area contributed by atoms with Gasteiger partial charge in [-0.2, -0.15) is 5.10 Å². The Morgan fingerprint density at radius 2 is 2.40 bits per heavy atom. The average molecular weight is 242 g/mol. The van der Waals surface area contributed by atoms with Gasteiger partial charge < -0.3 is 5.32 Å². The first-order chi connectivity index (χ1) is 7.15. The zero-order valence-electron chi connectivity index (χ0n) is 7.87. The predicted octanol–water partition coefficient (Wildman–Crippen LogP) is 2.69. The van der Waals surface area contributed by atoms with Crippen molar-refractivity contribution < 1.29 is 4.79 Å². The summed E-state index contributed by atoms with van der Waals surface area (Å²) in [6, 6.07) is 5.13. The lowest BCUT2D eigenvalue weighted by atomic mass is 10.4. The van der Waals surface area contributed by atoms with E-state index in [0.717, 1.165) is 5.69 Å². The number of aromatic nitrogens is 2. The third-order valence-electron chi connectivity index (χ3n) is 1.74. The van der Waals surface area contributed by atoms with Crippen LogP contribution in [0.15, 0.2) is 18.2 Å². The van der Waals surface area contributed by atoms with Gasteiger partial charge in [-0.3, -0.25) is 9.89 Å². The van der Waals surface area contributed by atoms with Crippen molar-refractivity contribution >= 4 is 34.7 Å². The van der Waals surface area contributed by atoms with E-state index in [1.807, 2.05) is 6.92 Å². The van der Waals surface area contributed by atoms with E-state index in [0.29, 0.717) is 15.0 Å². The molecule has 0 aliphatic rings. The van der Waals surface area contributed by atoms with Gasteiger partial charge in [0, 0.05) is 11.8 Å². The molecule has 2 heterocycles. The summed E-state index contributed by atoms with van der Waals surface area (Å²) in [4.78, 5) is 12.2. The Morgan fingerprint density at radius 3 is 2.93 bits per heavy atom. The van der Waals surface area contributed by atoms with E-state index in [4.69, 9.17) is 11.6 Å². The minimum Gasteiger partial charge on any atom is -0.304 e. The first-order valence-electron chi connectivity index (χ1n) is 4.24. The van der Waals surface area contributed by atoms with Crippen molar-refractivity contribution in [3.05, 3.63) is 33.1 Å². The van der Waals surface area contributed by atoms with Crippen molar-refractivity contribution in [3.8, 4) is 0 Å². The zero-order valence-corrected chi connectivity index (χ0v) is 9.45. The van der Waals surface area contributed by atoms with Crippen LogP contribution in [0.3, 0.4) is 0 Å². The molecule has 0 spiro atoms. The van der Waals surface area contributed by atoms with Gasteiger partial charge in [0.25, 0.3) is 5.91 Å². The number of rotatable bonds is 2. The number of hydrogen-bond acceptors (Lipinski definition) is 3. The van der Waals surface area contributed by atoms with Gasteiger partial charge in [0.15, 0.2) is 5.82 Å². The largest absolute Gasteiger partial charge is 0.304 e. The number of nitrogens with zero attached hydrogens (tertiary/aromatic N) is 1. The van der Waals surface area contributed by atoms with Crippen molar-refractivity contribution in [3.63, 3.8) is 0 Å². The minimum absolute atomic E-state index is 0.196. The average Bonchev–Trinajstić information content (AvgIpc) is 2.75. The second-order valence-electron chi connectivity index (χ2n) is 2.99. The normalized spacial score (nSPS) is 10.3. The third-order valence-corrected chi connectivity index (χ3v) is 2.97. The van der Waals surface area contributed by atoms with Gasteiger partial charge in [-0.05, 0) is 19.1 Å². The number of amides is 1. The number of hydrogen-bond donors (Lipinski definition) is 2. The van der Waals surface area contributed by atoms with Crippen LogP contribution in [0.1, 0.15) is 15.4 Å². The summed E-state index contributed by atoms with van der Waals surface area (Å²) >= 11 is 6.97. The van der Waals surface area contributed by atoms with E-state index in [1.54, 1.807) is 18.2 Å². The van der Waals surface area contributed by atoms with Crippen LogP contribution in [0.4, 0.5) is 5.82 Å². The van der Waals surface area contributed by atoms with E-state index in [-0.39, 0.29) is 5.91 Å². The first kappa shape index (κ1) is 10.2. The maximum absolute atomic E-state index is 11.6. The molecule has 6 heteroatoms. The Hall–Kier alpha value is -1.33. The number of carbonyl (C=O) groups excluding carboxylic acids is 1. The monoisotopic (exact) mass is 241 g/mol. The van der Waals surface area contributed by atoms with Crippen molar-refractivity contribution in [1.29, 1.82) is 0 Å². The quantitative estimate of drug-likeness (QED) is 0.849. The fraction of sp³-hybridized carbons (Fsp3) is 0.111. The second kappa shape index (κ2) is 4.04. The van der Waals surface area contributed by atoms with Gasteiger partial charge in [-0.25, -0.2) is 0 Å². The molecule has 78 valence electrons. The highest BCUT2D eigenvalue weighted by molar-refractivity contribution is 7.18.